The summed E-state index contributed by atoms with van der Waals surface area (Å²) < 4.78 is 0. The van der Waals surface area contributed by atoms with Gasteiger partial charge in [-0.15, -0.1) is 0 Å². The molecule has 0 amide bonds. The summed E-state index contributed by atoms with van der Waals surface area (Å²) in [5.74, 6) is 0. The van der Waals surface area contributed by atoms with E-state index in [0.29, 0.717) is 0 Å². The second-order valence-electron chi connectivity index (χ2n) is 6.25. The molecular weight excluding hydrogens is 276 g/mol. The highest BCUT2D eigenvalue weighted by molar-refractivity contribution is 4.62. The lowest BCUT2D eigenvalue weighted by atomic mass is 10.5. The van der Waals surface area contributed by atoms with Crippen LogP contribution >= 0.6 is 0 Å². The minimum absolute atomic E-state index is 0. The molecule has 2 fully saturated rings. The highest BCUT2D eigenvalue weighted by Crippen LogP contribution is 2.02. The Balaban J connectivity index is 0. The minimum Gasteiger partial charge on any atom is -0.280 e. The van der Waals surface area contributed by atoms with Crippen molar-refractivity contribution in [3.63, 3.8) is 0 Å². The fraction of sp³-hybridized carbons (Fsp3) is 1.00. The van der Waals surface area contributed by atoms with Gasteiger partial charge in [0, 0.05) is 0 Å². The van der Waals surface area contributed by atoms with E-state index >= 15 is 0 Å². The predicted molar refractivity (Wildman–Crippen MR) is 98.5 cm³/mol. The van der Waals surface area contributed by atoms with Crippen LogP contribution in [0.25, 0.3) is 0 Å². The third-order valence-corrected chi connectivity index (χ3v) is 3.63. The van der Waals surface area contributed by atoms with E-state index in [1.165, 1.54) is 0 Å². The maximum atomic E-state index is 2.41. The third-order valence-electron chi connectivity index (χ3n) is 3.63. The van der Waals surface area contributed by atoms with Crippen molar-refractivity contribution in [2.75, 3.05) is 81.3 Å². The Labute approximate surface area is 140 Å². The van der Waals surface area contributed by atoms with E-state index in [4.69, 9.17) is 0 Å². The lowest BCUT2D eigenvalue weighted by Crippen LogP contribution is -2.51. The Kier molecular flexibility index (Phi) is 13.3. The molecule has 6 nitrogen and oxygen atoms in total. The zero-order valence-electron chi connectivity index (χ0n) is 14.3. The van der Waals surface area contributed by atoms with Crippen molar-refractivity contribution in [1.29, 1.82) is 0 Å². The van der Waals surface area contributed by atoms with E-state index in [1.54, 1.807) is 0 Å². The van der Waals surface area contributed by atoms with Crippen LogP contribution in [-0.4, -0.2) is 111 Å². The van der Waals surface area contributed by atoms with Crippen molar-refractivity contribution < 1.29 is 0 Å². The van der Waals surface area contributed by atoms with Crippen LogP contribution in [0.2, 0.25) is 0 Å². The molecule has 0 unspecified atom stereocenters. The average Bonchev–Trinajstić information content (AvgIpc) is 2.37. The van der Waals surface area contributed by atoms with Gasteiger partial charge in [-0.3, -0.25) is 29.4 Å². The minimum atomic E-state index is 0. The highest BCUT2D eigenvalue weighted by Gasteiger charge is 2.16. The normalized spacial score (nSPS) is 23.2. The summed E-state index contributed by atoms with van der Waals surface area (Å²) in [5, 5.41) is 0. The van der Waals surface area contributed by atoms with Gasteiger partial charge in [0.25, 0.3) is 0 Å². The summed E-state index contributed by atoms with van der Waals surface area (Å²) in [6.07, 6.45) is 0. The van der Waals surface area contributed by atoms with Crippen LogP contribution in [-0.2, 0) is 0 Å². The van der Waals surface area contributed by atoms with Gasteiger partial charge in [-0.2, -0.15) is 0 Å². The van der Waals surface area contributed by atoms with Crippen LogP contribution in [0.3, 0.4) is 0 Å². The van der Waals surface area contributed by atoms with Crippen LogP contribution in [0.4, 0.5) is 0 Å². The molecule has 2 aliphatic rings. The molecular formula is C16H42N6. The molecule has 136 valence electrons. The highest BCUT2D eigenvalue weighted by atomic mass is 15.5. The van der Waals surface area contributed by atoms with E-state index in [9.17, 15) is 0 Å². The van der Waals surface area contributed by atoms with Crippen molar-refractivity contribution in [3.05, 3.63) is 0 Å². The fourth-order valence-corrected chi connectivity index (χ4v) is 2.86. The molecule has 0 bridgehead atoms. The topological polar surface area (TPSA) is 19.4 Å². The zero-order chi connectivity index (χ0) is 15.1. The maximum Gasteiger partial charge on any atom is 0.0526 e. The molecule has 0 saturated carbocycles. The number of hydrogen-bond acceptors (Lipinski definition) is 6. The van der Waals surface area contributed by atoms with Gasteiger partial charge < -0.3 is 0 Å². The van der Waals surface area contributed by atoms with Gasteiger partial charge in [-0.05, 0) is 41.3 Å². The van der Waals surface area contributed by atoms with E-state index < -0.39 is 0 Å². The Morgan fingerprint density at radius 3 is 0.909 bits per heavy atom. The smallest absolute Gasteiger partial charge is 0.0526 e. The van der Waals surface area contributed by atoms with Gasteiger partial charge in [0.05, 0.1) is 40.0 Å². The van der Waals surface area contributed by atoms with Crippen molar-refractivity contribution in [1.82, 2.24) is 29.4 Å². The molecule has 0 aromatic carbocycles. The Bertz CT molecular complexity index is 217. The molecule has 22 heavy (non-hydrogen) atoms. The van der Waals surface area contributed by atoms with Crippen LogP contribution < -0.4 is 0 Å². The molecule has 0 aromatic rings. The monoisotopic (exact) mass is 318 g/mol. The molecule has 2 saturated heterocycles. The second-order valence-corrected chi connectivity index (χ2v) is 6.25. The molecule has 6 heteroatoms. The van der Waals surface area contributed by atoms with Crippen molar-refractivity contribution in [2.45, 2.75) is 28.7 Å². The molecule has 0 aliphatic carbocycles. The number of nitrogens with zero attached hydrogens (tertiary/aromatic N) is 6. The lowest BCUT2D eigenvalue weighted by Gasteiger charge is -2.38. The molecule has 0 spiro atoms. The first kappa shape index (κ1) is 24.0. The Hall–Kier alpha value is -0.240. The molecule has 2 rings (SSSR count). The fourth-order valence-electron chi connectivity index (χ4n) is 2.86. The summed E-state index contributed by atoms with van der Waals surface area (Å²) in [5.41, 5.74) is 0. The van der Waals surface area contributed by atoms with Gasteiger partial charge in [0.15, 0.2) is 0 Å². The Morgan fingerprint density at radius 2 is 0.727 bits per heavy atom. The van der Waals surface area contributed by atoms with E-state index in [0.717, 1.165) is 53.1 Å². The Morgan fingerprint density at radius 1 is 0.500 bits per heavy atom. The quantitative estimate of drug-likeness (QED) is 0.761. The zero-order valence-corrected chi connectivity index (χ0v) is 14.3. The number of rotatable bonds is 2. The van der Waals surface area contributed by atoms with Crippen molar-refractivity contribution in [3.8, 4) is 0 Å². The van der Waals surface area contributed by atoms with Gasteiger partial charge >= 0.3 is 0 Å². The SMILES string of the molecule is C.C.CCN1CN(C)CN(C)C1.CCN1CN(C)CN(C)C1. The second kappa shape index (κ2) is 12.2. The summed E-state index contributed by atoms with van der Waals surface area (Å²) in [7, 11) is 8.60. The van der Waals surface area contributed by atoms with Crippen LogP contribution in [0, 0.1) is 0 Å². The van der Waals surface area contributed by atoms with Gasteiger partial charge in [0.2, 0.25) is 0 Å². The summed E-state index contributed by atoms with van der Waals surface area (Å²) in [4.78, 5) is 14.1. The van der Waals surface area contributed by atoms with Crippen LogP contribution in [0.5, 0.6) is 0 Å². The standard InChI is InChI=1S/2C7H17N3.2CH4/c2*1-4-10-6-8(2)5-9(3)7-10;;/h2*4-7H2,1-3H3;2*1H4. The lowest BCUT2D eigenvalue weighted by molar-refractivity contribution is 0.00207. The maximum absolute atomic E-state index is 2.41. The van der Waals surface area contributed by atoms with Crippen molar-refractivity contribution >= 4 is 0 Å². The van der Waals surface area contributed by atoms with Gasteiger partial charge in [-0.1, -0.05) is 28.7 Å². The first-order valence-corrected chi connectivity index (χ1v) is 7.63. The van der Waals surface area contributed by atoms with Crippen LogP contribution in [0.15, 0.2) is 0 Å². The van der Waals surface area contributed by atoms with E-state index in [2.05, 4.69) is 71.4 Å². The summed E-state index contributed by atoms with van der Waals surface area (Å²) in [6.45, 7) is 13.3. The van der Waals surface area contributed by atoms with Crippen LogP contribution in [0.1, 0.15) is 28.7 Å². The molecule has 0 aromatic heterocycles. The third kappa shape index (κ3) is 9.02. The van der Waals surface area contributed by atoms with E-state index in [1.807, 2.05) is 0 Å². The first-order chi connectivity index (χ1) is 9.44. The molecule has 0 N–H and O–H groups in total. The summed E-state index contributed by atoms with van der Waals surface area (Å²) >= 11 is 0. The molecule has 0 atom stereocenters. The first-order valence-electron chi connectivity index (χ1n) is 7.63. The summed E-state index contributed by atoms with van der Waals surface area (Å²) in [6, 6.07) is 0. The molecule has 0 radical (unpaired) electrons. The largest absolute Gasteiger partial charge is 0.280 e. The van der Waals surface area contributed by atoms with Gasteiger partial charge in [-0.25, -0.2) is 0 Å². The van der Waals surface area contributed by atoms with E-state index in [-0.39, 0.29) is 14.9 Å². The molecule has 2 heterocycles. The number of hydrogen-bond donors (Lipinski definition) is 0. The predicted octanol–water partition coefficient (Wildman–Crippen LogP) is 1.39. The van der Waals surface area contributed by atoms with Crippen molar-refractivity contribution in [2.24, 2.45) is 0 Å². The van der Waals surface area contributed by atoms with Gasteiger partial charge in [0.1, 0.15) is 0 Å². The average molecular weight is 319 g/mol. The molecule has 2 aliphatic heterocycles.